The van der Waals surface area contributed by atoms with E-state index in [1.807, 2.05) is 6.07 Å². The molecule has 0 radical (unpaired) electrons. The first-order valence-electron chi connectivity index (χ1n) is 10.7. The van der Waals surface area contributed by atoms with Crippen LogP contribution in [0.5, 0.6) is 0 Å². The van der Waals surface area contributed by atoms with E-state index < -0.39 is 10.0 Å². The molecule has 32 heavy (non-hydrogen) atoms. The second-order valence-electron chi connectivity index (χ2n) is 8.07. The third-order valence-corrected chi connectivity index (χ3v) is 7.36. The second-order valence-corrected chi connectivity index (χ2v) is 9.84. The Morgan fingerprint density at radius 1 is 1.19 bits per heavy atom. The lowest BCUT2D eigenvalue weighted by molar-refractivity contribution is 0.206. The van der Waals surface area contributed by atoms with Gasteiger partial charge in [0.05, 0.1) is 22.2 Å². The van der Waals surface area contributed by atoms with Gasteiger partial charge >= 0.3 is 0 Å². The summed E-state index contributed by atoms with van der Waals surface area (Å²) in [6, 6.07) is 12.5. The van der Waals surface area contributed by atoms with Crippen molar-refractivity contribution >= 4 is 21.0 Å². The average molecular weight is 457 g/mol. The normalized spacial score (nSPS) is 15.8. The van der Waals surface area contributed by atoms with Crippen molar-refractivity contribution in [1.29, 1.82) is 5.26 Å². The maximum absolute atomic E-state index is 13.4. The van der Waals surface area contributed by atoms with Crippen molar-refractivity contribution < 1.29 is 17.3 Å². The Morgan fingerprint density at radius 3 is 2.78 bits per heavy atom. The summed E-state index contributed by atoms with van der Waals surface area (Å²) in [7, 11) is -3.61. The molecule has 7 nitrogen and oxygen atoms in total. The minimum atomic E-state index is -3.61. The van der Waals surface area contributed by atoms with Crippen LogP contribution in [-0.2, 0) is 10.0 Å². The van der Waals surface area contributed by atoms with Crippen molar-refractivity contribution in [1.82, 2.24) is 14.8 Å². The number of nitrogens with zero attached hydrogens (tertiary/aromatic N) is 3. The summed E-state index contributed by atoms with van der Waals surface area (Å²) in [5.74, 6) is -0.0260. The first-order valence-corrected chi connectivity index (χ1v) is 12.2. The second kappa shape index (κ2) is 9.77. The maximum atomic E-state index is 13.4. The first kappa shape index (κ1) is 22.4. The molecule has 1 aromatic heterocycles. The molecule has 3 aromatic rings. The molecule has 0 aliphatic carbocycles. The Hall–Kier alpha value is -2.80. The van der Waals surface area contributed by atoms with Crippen molar-refractivity contribution in [2.24, 2.45) is 0 Å². The number of hydrogen-bond acceptors (Lipinski definition) is 6. The van der Waals surface area contributed by atoms with Crippen LogP contribution >= 0.6 is 0 Å². The van der Waals surface area contributed by atoms with Crippen LogP contribution in [0.3, 0.4) is 0 Å². The highest BCUT2D eigenvalue weighted by Crippen LogP contribution is 2.32. The van der Waals surface area contributed by atoms with Crippen LogP contribution in [0, 0.1) is 17.1 Å². The van der Waals surface area contributed by atoms with Crippen molar-refractivity contribution in [2.75, 3.05) is 26.2 Å². The van der Waals surface area contributed by atoms with Gasteiger partial charge in [0.1, 0.15) is 5.82 Å². The van der Waals surface area contributed by atoms with Gasteiger partial charge in [0.2, 0.25) is 10.0 Å². The molecule has 2 heterocycles. The molecule has 0 bridgehead atoms. The summed E-state index contributed by atoms with van der Waals surface area (Å²) < 4.78 is 46.0. The first-order chi connectivity index (χ1) is 15.5. The lowest BCUT2D eigenvalue weighted by Crippen LogP contribution is -2.34. The summed E-state index contributed by atoms with van der Waals surface area (Å²) in [4.78, 5) is 2.49. The molecule has 1 aliphatic heterocycles. The number of hydrogen-bond donors (Lipinski definition) is 1. The van der Waals surface area contributed by atoms with Crippen molar-refractivity contribution in [3.63, 3.8) is 0 Å². The molecule has 1 fully saturated rings. The molecule has 0 amide bonds. The van der Waals surface area contributed by atoms with E-state index in [2.05, 4.69) is 14.8 Å². The largest absolute Gasteiger partial charge is 0.356 e. The molecule has 1 saturated heterocycles. The molecule has 2 aromatic carbocycles. The Balaban J connectivity index is 1.20. The number of likely N-dealkylation sites (tertiary alicyclic amines) is 1. The number of benzene rings is 2. The molecule has 0 atom stereocenters. The number of nitrogens with one attached hydrogen (secondary N) is 1. The van der Waals surface area contributed by atoms with Crippen LogP contribution in [0.15, 0.2) is 51.9 Å². The highest BCUT2D eigenvalue weighted by atomic mass is 32.2. The monoisotopic (exact) mass is 456 g/mol. The van der Waals surface area contributed by atoms with Gasteiger partial charge in [-0.15, -0.1) is 0 Å². The zero-order valence-electron chi connectivity index (χ0n) is 17.6. The van der Waals surface area contributed by atoms with Crippen molar-refractivity contribution in [2.45, 2.75) is 36.5 Å². The third-order valence-electron chi connectivity index (χ3n) is 5.90. The molecule has 4 rings (SSSR count). The molecule has 168 valence electrons. The third kappa shape index (κ3) is 5.15. The fraction of sp³-hybridized carbons (Fsp3) is 0.391. The quantitative estimate of drug-likeness (QED) is 0.518. The van der Waals surface area contributed by atoms with E-state index in [0.29, 0.717) is 23.6 Å². The van der Waals surface area contributed by atoms with Gasteiger partial charge in [-0.25, -0.2) is 17.5 Å². The number of rotatable bonds is 8. The van der Waals surface area contributed by atoms with Crippen LogP contribution in [0.2, 0.25) is 0 Å². The van der Waals surface area contributed by atoms with Gasteiger partial charge in [0, 0.05) is 23.9 Å². The fourth-order valence-corrected chi connectivity index (χ4v) is 5.26. The van der Waals surface area contributed by atoms with Gasteiger partial charge in [0.15, 0.2) is 5.58 Å². The molecular formula is C23H25FN4O3S. The van der Waals surface area contributed by atoms with Crippen molar-refractivity contribution in [3.05, 3.63) is 59.5 Å². The molecular weight excluding hydrogens is 431 g/mol. The van der Waals surface area contributed by atoms with E-state index in [4.69, 9.17) is 9.78 Å². The van der Waals surface area contributed by atoms with E-state index in [9.17, 15) is 12.8 Å². The number of nitriles is 1. The molecule has 0 saturated carbocycles. The predicted octanol–water partition coefficient (Wildman–Crippen LogP) is 3.78. The fourth-order valence-electron chi connectivity index (χ4n) is 4.14. The van der Waals surface area contributed by atoms with Crippen LogP contribution in [0.4, 0.5) is 4.39 Å². The van der Waals surface area contributed by atoms with E-state index in [1.54, 1.807) is 18.2 Å². The van der Waals surface area contributed by atoms with E-state index in [0.717, 1.165) is 56.4 Å². The minimum absolute atomic E-state index is 0.113. The number of fused-ring (bicyclic) bond motifs is 1. The smallest absolute Gasteiger partial charge is 0.240 e. The average Bonchev–Trinajstić information content (AvgIpc) is 3.22. The Labute approximate surface area is 186 Å². The van der Waals surface area contributed by atoms with Gasteiger partial charge in [0.25, 0.3) is 0 Å². The number of piperidine rings is 1. The highest BCUT2D eigenvalue weighted by molar-refractivity contribution is 7.89. The number of halogens is 1. The summed E-state index contributed by atoms with van der Waals surface area (Å²) in [6.45, 7) is 3.14. The van der Waals surface area contributed by atoms with E-state index in [1.165, 1.54) is 24.3 Å². The molecule has 0 spiro atoms. The van der Waals surface area contributed by atoms with Gasteiger partial charge in [-0.1, -0.05) is 11.2 Å². The van der Waals surface area contributed by atoms with Crippen LogP contribution < -0.4 is 4.72 Å². The lowest BCUT2D eigenvalue weighted by atomic mass is 9.91. The summed E-state index contributed by atoms with van der Waals surface area (Å²) in [5, 5.41) is 14.0. The standard InChI is InChI=1S/C23H25FN4O3S/c24-19-6-7-21-22(15-19)31-27-23(21)18-8-12-28(13-9-18)11-2-1-10-26-32(29,30)20-5-3-4-17(14-20)16-25/h3-7,14-15,18,26H,1-2,8-13H2. The zero-order valence-corrected chi connectivity index (χ0v) is 18.4. The van der Waals surface area contributed by atoms with Crippen LogP contribution in [0.25, 0.3) is 11.0 Å². The number of sulfonamides is 1. The number of aromatic nitrogens is 1. The van der Waals surface area contributed by atoms with Crippen molar-refractivity contribution in [3.8, 4) is 6.07 Å². The molecule has 9 heteroatoms. The van der Waals surface area contributed by atoms with Gasteiger partial charge in [-0.05, 0) is 75.6 Å². The Morgan fingerprint density at radius 2 is 2.00 bits per heavy atom. The topological polar surface area (TPSA) is 99.2 Å². The Bertz CT molecular complexity index is 1230. The van der Waals surface area contributed by atoms with Gasteiger partial charge in [-0.3, -0.25) is 0 Å². The van der Waals surface area contributed by atoms with Gasteiger partial charge in [-0.2, -0.15) is 5.26 Å². The van der Waals surface area contributed by atoms with Gasteiger partial charge < -0.3 is 9.42 Å². The highest BCUT2D eigenvalue weighted by Gasteiger charge is 2.25. The maximum Gasteiger partial charge on any atom is 0.240 e. The summed E-state index contributed by atoms with van der Waals surface area (Å²) in [6.07, 6.45) is 3.54. The minimum Gasteiger partial charge on any atom is -0.356 e. The SMILES string of the molecule is N#Cc1cccc(S(=O)(=O)NCCCCN2CCC(c3noc4cc(F)ccc34)CC2)c1. The van der Waals surface area contributed by atoms with Crippen LogP contribution in [0.1, 0.15) is 42.9 Å². The summed E-state index contributed by atoms with van der Waals surface area (Å²) >= 11 is 0. The summed E-state index contributed by atoms with van der Waals surface area (Å²) in [5.41, 5.74) is 1.72. The number of unbranched alkanes of at least 4 members (excludes halogenated alkanes) is 1. The zero-order chi connectivity index (χ0) is 22.6. The van der Waals surface area contributed by atoms with E-state index >= 15 is 0 Å². The predicted molar refractivity (Wildman–Crippen MR) is 118 cm³/mol. The lowest BCUT2D eigenvalue weighted by Gasteiger charge is -2.31. The Kier molecular flexibility index (Phi) is 6.84. The van der Waals surface area contributed by atoms with E-state index in [-0.39, 0.29) is 10.7 Å². The molecule has 1 N–H and O–H groups in total. The molecule has 0 unspecified atom stereocenters. The van der Waals surface area contributed by atoms with Crippen LogP contribution in [-0.4, -0.2) is 44.7 Å². The molecule has 1 aliphatic rings.